The molecule has 0 radical (unpaired) electrons. The monoisotopic (exact) mass is 391 g/mol. The third-order valence-corrected chi connectivity index (χ3v) is 3.62. The second-order valence-electron chi connectivity index (χ2n) is 5.87. The largest absolute Gasteiger partial charge is 0.494 e. The van der Waals surface area contributed by atoms with Crippen LogP contribution >= 0.6 is 0 Å². The Labute approximate surface area is 160 Å². The minimum atomic E-state index is -1.09. The molecule has 1 amide bonds. The molecule has 0 fully saturated rings. The zero-order valence-corrected chi connectivity index (χ0v) is 15.2. The molecule has 148 valence electrons. The van der Waals surface area contributed by atoms with E-state index in [4.69, 9.17) is 9.47 Å². The Kier molecular flexibility index (Phi) is 7.62. The van der Waals surface area contributed by atoms with Crippen molar-refractivity contribution < 1.29 is 32.6 Å². The first kappa shape index (κ1) is 21.0. The third-order valence-electron chi connectivity index (χ3n) is 3.62. The topological polar surface area (TPSA) is 81.7 Å². The van der Waals surface area contributed by atoms with E-state index in [1.54, 1.807) is 24.3 Å². The van der Waals surface area contributed by atoms with E-state index in [0.717, 1.165) is 12.1 Å². The lowest BCUT2D eigenvalue weighted by molar-refractivity contribution is -0.147. The molecule has 0 aliphatic heterocycles. The minimum absolute atomic E-state index is 0.0390. The summed E-state index contributed by atoms with van der Waals surface area (Å²) in [6.07, 6.45) is 0.419. The van der Waals surface area contributed by atoms with Gasteiger partial charge < -0.3 is 14.8 Å². The van der Waals surface area contributed by atoms with Gasteiger partial charge in [-0.1, -0.05) is 0 Å². The maximum absolute atomic E-state index is 13.1. The van der Waals surface area contributed by atoms with Crippen molar-refractivity contribution in [2.75, 3.05) is 18.5 Å². The molecule has 0 heterocycles. The van der Waals surface area contributed by atoms with E-state index in [1.807, 2.05) is 0 Å². The average molecular weight is 391 g/mol. The fourth-order valence-electron chi connectivity index (χ4n) is 2.18. The molecule has 28 heavy (non-hydrogen) atoms. The highest BCUT2D eigenvalue weighted by Crippen LogP contribution is 2.14. The summed E-state index contributed by atoms with van der Waals surface area (Å²) in [7, 11) is 0. The Bertz CT molecular complexity index is 852. The van der Waals surface area contributed by atoms with Crippen LogP contribution in [0.15, 0.2) is 42.5 Å². The summed E-state index contributed by atoms with van der Waals surface area (Å²) < 4.78 is 36.1. The van der Waals surface area contributed by atoms with Gasteiger partial charge in [-0.3, -0.25) is 14.4 Å². The first-order chi connectivity index (χ1) is 13.3. The summed E-state index contributed by atoms with van der Waals surface area (Å²) in [4.78, 5) is 34.5. The number of hydrogen-bond acceptors (Lipinski definition) is 5. The molecule has 0 unspecified atom stereocenters. The maximum atomic E-state index is 13.1. The minimum Gasteiger partial charge on any atom is -0.494 e. The van der Waals surface area contributed by atoms with Crippen molar-refractivity contribution in [3.8, 4) is 5.75 Å². The number of carbonyl (C=O) groups is 3. The third kappa shape index (κ3) is 6.79. The molecule has 0 aliphatic rings. The van der Waals surface area contributed by atoms with Crippen LogP contribution in [-0.2, 0) is 14.3 Å². The molecule has 0 aliphatic carbocycles. The van der Waals surface area contributed by atoms with E-state index in [1.165, 1.54) is 13.0 Å². The standard InChI is InChI=1S/C20H19F2NO5/c1-13(24)14-4-7-16(8-5-14)27-10-2-3-20(26)28-12-19(25)23-15-6-9-17(21)18(22)11-15/h4-9,11H,2-3,10,12H2,1H3,(H,23,25). The molecule has 2 aromatic rings. The zero-order chi connectivity index (χ0) is 20.5. The van der Waals surface area contributed by atoms with Gasteiger partial charge in [-0.15, -0.1) is 0 Å². The van der Waals surface area contributed by atoms with Crippen molar-refractivity contribution in [3.63, 3.8) is 0 Å². The lowest BCUT2D eigenvalue weighted by atomic mass is 10.1. The molecule has 0 bridgehead atoms. The van der Waals surface area contributed by atoms with E-state index < -0.39 is 30.1 Å². The summed E-state index contributed by atoms with van der Waals surface area (Å²) >= 11 is 0. The summed E-state index contributed by atoms with van der Waals surface area (Å²) in [5.74, 6) is -2.84. The van der Waals surface area contributed by atoms with Gasteiger partial charge in [-0.25, -0.2) is 8.78 Å². The highest BCUT2D eigenvalue weighted by molar-refractivity contribution is 5.94. The molecule has 0 atom stereocenters. The van der Waals surface area contributed by atoms with Gasteiger partial charge in [0.2, 0.25) is 0 Å². The normalized spacial score (nSPS) is 10.2. The van der Waals surface area contributed by atoms with Crippen LogP contribution in [-0.4, -0.2) is 30.9 Å². The van der Waals surface area contributed by atoms with E-state index in [9.17, 15) is 23.2 Å². The zero-order valence-electron chi connectivity index (χ0n) is 15.2. The Morgan fingerprint density at radius 1 is 1.00 bits per heavy atom. The van der Waals surface area contributed by atoms with Gasteiger partial charge >= 0.3 is 5.97 Å². The summed E-state index contributed by atoms with van der Waals surface area (Å²) in [6, 6.07) is 9.53. The number of ether oxygens (including phenoxy) is 2. The fraction of sp³-hybridized carbons (Fsp3) is 0.250. The Morgan fingerprint density at radius 3 is 2.36 bits per heavy atom. The van der Waals surface area contributed by atoms with Crippen LogP contribution in [0.3, 0.4) is 0 Å². The SMILES string of the molecule is CC(=O)c1ccc(OCCCC(=O)OCC(=O)Nc2ccc(F)c(F)c2)cc1. The average Bonchev–Trinajstić information content (AvgIpc) is 2.67. The van der Waals surface area contributed by atoms with Crippen LogP contribution in [0.2, 0.25) is 0 Å². The van der Waals surface area contributed by atoms with Gasteiger partial charge in [0.05, 0.1) is 6.61 Å². The number of benzene rings is 2. The summed E-state index contributed by atoms with van der Waals surface area (Å²) in [5, 5.41) is 2.30. The van der Waals surface area contributed by atoms with E-state index >= 15 is 0 Å². The molecule has 2 rings (SSSR count). The predicted molar refractivity (Wildman–Crippen MR) is 97.1 cm³/mol. The van der Waals surface area contributed by atoms with Gasteiger partial charge in [0.1, 0.15) is 5.75 Å². The van der Waals surface area contributed by atoms with E-state index in [-0.39, 0.29) is 24.5 Å². The lowest BCUT2D eigenvalue weighted by Crippen LogP contribution is -2.21. The highest BCUT2D eigenvalue weighted by Gasteiger charge is 2.10. The van der Waals surface area contributed by atoms with E-state index in [0.29, 0.717) is 17.7 Å². The number of hydrogen-bond donors (Lipinski definition) is 1. The number of nitrogens with one attached hydrogen (secondary N) is 1. The van der Waals surface area contributed by atoms with Crippen molar-refractivity contribution in [1.82, 2.24) is 0 Å². The first-order valence-corrected chi connectivity index (χ1v) is 8.49. The van der Waals surface area contributed by atoms with Gasteiger partial charge in [-0.05, 0) is 49.7 Å². The van der Waals surface area contributed by atoms with Crippen molar-refractivity contribution in [2.45, 2.75) is 19.8 Å². The number of rotatable bonds is 9. The van der Waals surface area contributed by atoms with Crippen molar-refractivity contribution in [3.05, 3.63) is 59.7 Å². The Morgan fingerprint density at radius 2 is 1.71 bits per heavy atom. The second kappa shape index (κ2) is 10.1. The van der Waals surface area contributed by atoms with E-state index in [2.05, 4.69) is 5.32 Å². The van der Waals surface area contributed by atoms with Crippen molar-refractivity contribution >= 4 is 23.3 Å². The van der Waals surface area contributed by atoms with Gasteiger partial charge in [-0.2, -0.15) is 0 Å². The number of halogens is 2. The van der Waals surface area contributed by atoms with Crippen molar-refractivity contribution in [2.24, 2.45) is 0 Å². The number of esters is 1. The van der Waals surface area contributed by atoms with Gasteiger partial charge in [0.15, 0.2) is 24.0 Å². The van der Waals surface area contributed by atoms with Crippen molar-refractivity contribution in [1.29, 1.82) is 0 Å². The van der Waals surface area contributed by atoms with Gasteiger partial charge in [0.25, 0.3) is 5.91 Å². The number of amides is 1. The van der Waals surface area contributed by atoms with Crippen LogP contribution in [0, 0.1) is 11.6 Å². The molecule has 0 saturated heterocycles. The van der Waals surface area contributed by atoms with Gasteiger partial charge in [0, 0.05) is 23.7 Å². The summed E-state index contributed by atoms with van der Waals surface area (Å²) in [6.45, 7) is 1.19. The fourth-order valence-corrected chi connectivity index (χ4v) is 2.18. The molecule has 1 N–H and O–H groups in total. The molecule has 6 nitrogen and oxygen atoms in total. The first-order valence-electron chi connectivity index (χ1n) is 8.49. The number of Topliss-reactive ketones (excluding diaryl/α,β-unsaturated/α-hetero) is 1. The van der Waals surface area contributed by atoms with Crippen LogP contribution in [0.1, 0.15) is 30.1 Å². The Hall–Kier alpha value is -3.29. The lowest BCUT2D eigenvalue weighted by Gasteiger charge is -2.08. The highest BCUT2D eigenvalue weighted by atomic mass is 19.2. The quantitative estimate of drug-likeness (QED) is 0.402. The molecule has 8 heteroatoms. The van der Waals surface area contributed by atoms with Crippen LogP contribution < -0.4 is 10.1 Å². The Balaban J connectivity index is 1.63. The molecule has 0 spiro atoms. The number of anilines is 1. The maximum Gasteiger partial charge on any atom is 0.306 e. The van der Waals surface area contributed by atoms with Crippen LogP contribution in [0.25, 0.3) is 0 Å². The second-order valence-corrected chi connectivity index (χ2v) is 5.87. The molecule has 2 aromatic carbocycles. The molecule has 0 aromatic heterocycles. The predicted octanol–water partition coefficient (Wildman–Crippen LogP) is 3.51. The molecular formula is C20H19F2NO5. The number of ketones is 1. The molecule has 0 saturated carbocycles. The number of carbonyl (C=O) groups excluding carboxylic acids is 3. The van der Waals surface area contributed by atoms with Crippen LogP contribution in [0.4, 0.5) is 14.5 Å². The summed E-state index contributed by atoms with van der Waals surface area (Å²) in [5.41, 5.74) is 0.640. The smallest absolute Gasteiger partial charge is 0.306 e. The molecular weight excluding hydrogens is 372 g/mol. The van der Waals surface area contributed by atoms with Crippen LogP contribution in [0.5, 0.6) is 5.75 Å².